The van der Waals surface area contributed by atoms with Crippen LogP contribution < -0.4 is 0 Å². The average Bonchev–Trinajstić information content (AvgIpc) is 3.16. The Labute approximate surface area is 204 Å². The van der Waals surface area contributed by atoms with Gasteiger partial charge in [-0.3, -0.25) is 4.79 Å². The van der Waals surface area contributed by atoms with Gasteiger partial charge in [-0.2, -0.15) is 26.3 Å². The van der Waals surface area contributed by atoms with Gasteiger partial charge in [0.05, 0.1) is 23.3 Å². The number of benzene rings is 2. The van der Waals surface area contributed by atoms with Crippen molar-refractivity contribution in [3.8, 4) is 0 Å². The van der Waals surface area contributed by atoms with Gasteiger partial charge in [0.2, 0.25) is 5.91 Å². The van der Waals surface area contributed by atoms with Gasteiger partial charge in [0.15, 0.2) is 0 Å². The molecule has 1 unspecified atom stereocenters. The summed E-state index contributed by atoms with van der Waals surface area (Å²) >= 11 is 0. The molecule has 4 rings (SSSR count). The lowest BCUT2D eigenvalue weighted by Crippen LogP contribution is -2.50. The number of alkyl halides is 6. The molecule has 196 valence electrons. The third-order valence-corrected chi connectivity index (χ3v) is 7.27. The lowest BCUT2D eigenvalue weighted by Gasteiger charge is -2.45. The summed E-state index contributed by atoms with van der Waals surface area (Å²) in [5.41, 5.74) is -2.76. The second-order valence-electron chi connectivity index (χ2n) is 10.2. The van der Waals surface area contributed by atoms with Crippen LogP contribution in [0.4, 0.5) is 30.7 Å². The summed E-state index contributed by atoms with van der Waals surface area (Å²) in [7, 11) is 0. The molecule has 2 aromatic rings. The minimum atomic E-state index is -4.98. The number of amides is 1. The predicted molar refractivity (Wildman–Crippen MR) is 117 cm³/mol. The zero-order valence-corrected chi connectivity index (χ0v) is 19.9. The molecule has 3 nitrogen and oxygen atoms in total. The monoisotopic (exact) mass is 517 g/mol. The molecule has 2 fully saturated rings. The van der Waals surface area contributed by atoms with E-state index < -0.39 is 47.4 Å². The summed E-state index contributed by atoms with van der Waals surface area (Å²) in [4.78, 5) is 14.4. The van der Waals surface area contributed by atoms with Gasteiger partial charge in [-0.1, -0.05) is 26.0 Å². The molecule has 2 aliphatic rings. The van der Waals surface area contributed by atoms with Crippen LogP contribution in [0, 0.1) is 11.2 Å². The molecule has 1 amide bonds. The molecule has 0 spiro atoms. The number of hydrogen-bond acceptors (Lipinski definition) is 2. The Morgan fingerprint density at radius 1 is 0.972 bits per heavy atom. The number of piperidine rings is 1. The Bertz CT molecular complexity index is 1090. The molecular weight excluding hydrogens is 491 g/mol. The van der Waals surface area contributed by atoms with Gasteiger partial charge in [-0.15, -0.1) is 0 Å². The fraction of sp³-hybridized carbons (Fsp3) is 0.500. The summed E-state index contributed by atoms with van der Waals surface area (Å²) in [5, 5.41) is 0. The van der Waals surface area contributed by atoms with E-state index in [-0.39, 0.29) is 35.5 Å². The van der Waals surface area contributed by atoms with E-state index in [0.717, 1.165) is 0 Å². The van der Waals surface area contributed by atoms with Gasteiger partial charge in [-0.25, -0.2) is 4.39 Å². The normalized spacial score (nSPS) is 25.1. The van der Waals surface area contributed by atoms with Gasteiger partial charge in [-0.05, 0) is 60.2 Å². The van der Waals surface area contributed by atoms with E-state index >= 15 is 0 Å². The van der Waals surface area contributed by atoms with Crippen LogP contribution in [-0.4, -0.2) is 29.5 Å². The van der Waals surface area contributed by atoms with Gasteiger partial charge in [0.25, 0.3) is 0 Å². The number of nitrogens with zero attached hydrogens (tertiary/aromatic N) is 1. The lowest BCUT2D eigenvalue weighted by molar-refractivity contribution is -0.143. The van der Waals surface area contributed by atoms with Crippen molar-refractivity contribution in [2.75, 3.05) is 6.54 Å². The number of carbonyl (C=O) groups is 1. The number of halogens is 7. The number of fused-ring (bicyclic) bond motifs is 1. The molecule has 10 heteroatoms. The van der Waals surface area contributed by atoms with Gasteiger partial charge in [0.1, 0.15) is 5.82 Å². The zero-order chi connectivity index (χ0) is 26.6. The van der Waals surface area contributed by atoms with Crippen molar-refractivity contribution in [2.24, 2.45) is 5.41 Å². The fourth-order valence-electron chi connectivity index (χ4n) is 5.47. The fourth-order valence-corrected chi connectivity index (χ4v) is 5.47. The molecular formula is C26H26F7NO2. The molecule has 4 atom stereocenters. The highest BCUT2D eigenvalue weighted by atomic mass is 19.4. The van der Waals surface area contributed by atoms with Crippen molar-refractivity contribution in [3.05, 3.63) is 70.5 Å². The lowest BCUT2D eigenvalue weighted by atomic mass is 9.70. The van der Waals surface area contributed by atoms with E-state index in [4.69, 9.17) is 4.74 Å². The van der Waals surface area contributed by atoms with Crippen LogP contribution in [0.5, 0.6) is 0 Å². The number of ether oxygens (including phenoxy) is 1. The maximum absolute atomic E-state index is 13.6. The second-order valence-corrected chi connectivity index (χ2v) is 10.2. The highest BCUT2D eigenvalue weighted by Gasteiger charge is 2.54. The Hall–Kier alpha value is -2.62. The number of carbonyl (C=O) groups excluding carboxylic acids is 1. The maximum Gasteiger partial charge on any atom is 0.416 e. The summed E-state index contributed by atoms with van der Waals surface area (Å²) in [6, 6.07) is 6.77. The molecule has 2 aromatic carbocycles. The van der Waals surface area contributed by atoms with E-state index in [0.29, 0.717) is 30.5 Å². The van der Waals surface area contributed by atoms with Crippen molar-refractivity contribution >= 4 is 5.91 Å². The van der Waals surface area contributed by atoms with E-state index in [9.17, 15) is 35.5 Å². The predicted octanol–water partition coefficient (Wildman–Crippen LogP) is 7.12. The molecule has 0 bridgehead atoms. The molecule has 0 radical (unpaired) electrons. The summed E-state index contributed by atoms with van der Waals surface area (Å²) in [6.07, 6.45) is -10.9. The van der Waals surface area contributed by atoms with Crippen LogP contribution in [-0.2, 0) is 21.9 Å². The molecule has 0 N–H and O–H groups in total. The first-order valence-corrected chi connectivity index (χ1v) is 11.6. The van der Waals surface area contributed by atoms with E-state index in [1.54, 1.807) is 17.0 Å². The maximum atomic E-state index is 13.6. The van der Waals surface area contributed by atoms with Gasteiger partial charge < -0.3 is 9.64 Å². The quantitative estimate of drug-likeness (QED) is 0.404. The summed E-state index contributed by atoms with van der Waals surface area (Å²) in [5.74, 6) is -0.995. The second kappa shape index (κ2) is 9.04. The van der Waals surface area contributed by atoms with Gasteiger partial charge in [0, 0.05) is 24.9 Å². The highest BCUT2D eigenvalue weighted by Crippen LogP contribution is 2.50. The zero-order valence-electron chi connectivity index (χ0n) is 19.9. The van der Waals surface area contributed by atoms with E-state index in [1.807, 2.05) is 13.8 Å². The van der Waals surface area contributed by atoms with Crippen LogP contribution in [0.1, 0.15) is 67.9 Å². The van der Waals surface area contributed by atoms with E-state index in [1.165, 1.54) is 19.1 Å². The third-order valence-electron chi connectivity index (χ3n) is 7.27. The molecule has 36 heavy (non-hydrogen) atoms. The Kier molecular flexibility index (Phi) is 6.64. The standard InChI is InChI=1S/C26H26F7NO2/c1-14(16-10-17(25(28,29)30)12-18(11-16)26(31,32)33)36-20-13-34-21(35)8-9-24(2,3)23(34)22(20)15-4-6-19(27)7-5-15/h4-7,10-12,14,20,22-23H,8-9,13H2,1-3H3/t14-,20+,22?,23-/m1/s1. The smallest absolute Gasteiger partial charge is 0.368 e. The number of hydrogen-bond donors (Lipinski definition) is 0. The number of rotatable bonds is 4. The minimum absolute atomic E-state index is 0.0779. The van der Waals surface area contributed by atoms with Crippen LogP contribution >= 0.6 is 0 Å². The van der Waals surface area contributed by atoms with Crippen LogP contribution in [0.15, 0.2) is 42.5 Å². The molecule has 0 aliphatic carbocycles. The minimum Gasteiger partial charge on any atom is -0.368 e. The van der Waals surface area contributed by atoms with Crippen LogP contribution in [0.3, 0.4) is 0 Å². The largest absolute Gasteiger partial charge is 0.416 e. The highest BCUT2D eigenvalue weighted by molar-refractivity contribution is 5.78. The molecule has 0 aromatic heterocycles. The van der Waals surface area contributed by atoms with Crippen LogP contribution in [0.25, 0.3) is 0 Å². The van der Waals surface area contributed by atoms with Crippen molar-refractivity contribution in [1.82, 2.24) is 4.90 Å². The van der Waals surface area contributed by atoms with Gasteiger partial charge >= 0.3 is 12.4 Å². The summed E-state index contributed by atoms with van der Waals surface area (Å²) < 4.78 is 100.0. The van der Waals surface area contributed by atoms with Crippen molar-refractivity contribution in [3.63, 3.8) is 0 Å². The molecule has 2 aliphatic heterocycles. The Morgan fingerprint density at radius 3 is 2.06 bits per heavy atom. The molecule has 2 heterocycles. The molecule has 2 saturated heterocycles. The third kappa shape index (κ3) is 5.10. The van der Waals surface area contributed by atoms with Crippen LogP contribution in [0.2, 0.25) is 0 Å². The first kappa shape index (κ1) is 26.4. The van der Waals surface area contributed by atoms with Crippen molar-refractivity contribution in [1.29, 1.82) is 0 Å². The van der Waals surface area contributed by atoms with Crippen molar-refractivity contribution in [2.45, 2.75) is 70.1 Å². The van der Waals surface area contributed by atoms with E-state index in [2.05, 4.69) is 0 Å². The SMILES string of the molecule is C[C@@H](O[C@H]1CN2C(=O)CCC(C)(C)[C@H]2C1c1ccc(F)cc1)c1cc(C(F)(F)F)cc(C(F)(F)F)c1. The molecule has 0 saturated carbocycles. The Balaban J connectivity index is 1.72. The first-order valence-electron chi connectivity index (χ1n) is 11.6. The Morgan fingerprint density at radius 2 is 1.53 bits per heavy atom. The first-order chi connectivity index (χ1) is 16.6. The average molecular weight is 517 g/mol. The topological polar surface area (TPSA) is 29.5 Å². The van der Waals surface area contributed by atoms with Crippen molar-refractivity contribution < 1.29 is 40.3 Å². The summed E-state index contributed by atoms with van der Waals surface area (Å²) in [6.45, 7) is 5.52.